The first-order chi connectivity index (χ1) is 6.65. The number of halogens is 1. The molecule has 0 saturated heterocycles. The zero-order chi connectivity index (χ0) is 10.6. The summed E-state index contributed by atoms with van der Waals surface area (Å²) in [4.78, 5) is 1.19. The lowest BCUT2D eigenvalue weighted by Crippen LogP contribution is -2.39. The minimum Gasteiger partial charge on any atom is -0.329 e. The van der Waals surface area contributed by atoms with Gasteiger partial charge in [0.1, 0.15) is 0 Å². The maximum atomic E-state index is 5.99. The molecule has 1 aromatic rings. The van der Waals surface area contributed by atoms with E-state index in [9.17, 15) is 0 Å². The van der Waals surface area contributed by atoms with Gasteiger partial charge in [0.2, 0.25) is 0 Å². The molecule has 0 bridgehead atoms. The molecule has 0 fully saturated rings. The summed E-state index contributed by atoms with van der Waals surface area (Å²) in [5.41, 5.74) is 5.66. The van der Waals surface area contributed by atoms with E-state index in [2.05, 4.69) is 19.2 Å². The first kappa shape index (κ1) is 12.0. The number of nitrogens with one attached hydrogen (secondary N) is 1. The molecule has 0 spiro atoms. The summed E-state index contributed by atoms with van der Waals surface area (Å²) in [7, 11) is 0. The van der Waals surface area contributed by atoms with E-state index in [1.165, 1.54) is 4.88 Å². The predicted octanol–water partition coefficient (Wildman–Crippen LogP) is 2.47. The normalized spacial score (nSPS) is 13.5. The van der Waals surface area contributed by atoms with Crippen molar-refractivity contribution in [1.29, 1.82) is 0 Å². The fourth-order valence-electron chi connectivity index (χ4n) is 1.27. The van der Waals surface area contributed by atoms with Gasteiger partial charge in [-0.25, -0.2) is 0 Å². The second-order valence-electron chi connectivity index (χ2n) is 3.66. The molecular formula is C10H17ClN2S. The Bertz CT molecular complexity index is 273. The molecule has 0 radical (unpaired) electrons. The maximum absolute atomic E-state index is 5.99. The van der Waals surface area contributed by atoms with Crippen LogP contribution in [0, 0.1) is 5.92 Å². The van der Waals surface area contributed by atoms with E-state index in [1.807, 2.05) is 11.4 Å². The third-order valence-corrected chi connectivity index (χ3v) is 3.66. The summed E-state index contributed by atoms with van der Waals surface area (Å²) in [6, 6.07) is 2.30. The lowest BCUT2D eigenvalue weighted by Gasteiger charge is -2.20. The van der Waals surface area contributed by atoms with Crippen molar-refractivity contribution in [2.75, 3.05) is 6.54 Å². The Morgan fingerprint density at radius 2 is 2.29 bits per heavy atom. The van der Waals surface area contributed by atoms with Crippen LogP contribution < -0.4 is 11.1 Å². The molecule has 80 valence electrons. The zero-order valence-electron chi connectivity index (χ0n) is 8.59. The summed E-state index contributed by atoms with van der Waals surface area (Å²) in [5, 5.41) is 6.27. The second-order valence-corrected chi connectivity index (χ2v) is 5.07. The van der Waals surface area contributed by atoms with Gasteiger partial charge in [0.05, 0.1) is 5.02 Å². The molecule has 0 saturated carbocycles. The maximum Gasteiger partial charge on any atom is 0.0558 e. The molecule has 0 aliphatic heterocycles. The Labute approximate surface area is 94.5 Å². The molecule has 1 atom stereocenters. The molecule has 3 N–H and O–H groups in total. The summed E-state index contributed by atoms with van der Waals surface area (Å²) in [6.07, 6.45) is 0. The Hall–Kier alpha value is -0.0900. The van der Waals surface area contributed by atoms with Crippen molar-refractivity contribution >= 4 is 22.9 Å². The largest absolute Gasteiger partial charge is 0.329 e. The third kappa shape index (κ3) is 3.24. The van der Waals surface area contributed by atoms with Crippen molar-refractivity contribution in [1.82, 2.24) is 5.32 Å². The molecule has 0 amide bonds. The fraction of sp³-hybridized carbons (Fsp3) is 0.600. The van der Waals surface area contributed by atoms with Gasteiger partial charge in [0, 0.05) is 24.0 Å². The van der Waals surface area contributed by atoms with Crippen LogP contribution >= 0.6 is 22.9 Å². The molecule has 0 aromatic carbocycles. The van der Waals surface area contributed by atoms with Crippen molar-refractivity contribution in [3.8, 4) is 0 Å². The molecule has 1 heterocycles. The highest BCUT2D eigenvalue weighted by Crippen LogP contribution is 2.21. The molecule has 2 nitrogen and oxygen atoms in total. The monoisotopic (exact) mass is 232 g/mol. The third-order valence-electron chi connectivity index (χ3n) is 2.27. The molecule has 1 aromatic heterocycles. The number of rotatable bonds is 5. The smallest absolute Gasteiger partial charge is 0.0558 e. The average molecular weight is 233 g/mol. The number of hydrogen-bond acceptors (Lipinski definition) is 3. The van der Waals surface area contributed by atoms with Crippen molar-refractivity contribution in [3.05, 3.63) is 21.3 Å². The summed E-state index contributed by atoms with van der Waals surface area (Å²) in [5.74, 6) is 0.554. The van der Waals surface area contributed by atoms with Crippen LogP contribution in [0.3, 0.4) is 0 Å². The van der Waals surface area contributed by atoms with Crippen LogP contribution in [0.5, 0.6) is 0 Å². The number of nitrogens with two attached hydrogens (primary N) is 1. The van der Waals surface area contributed by atoms with Gasteiger partial charge in [-0.15, -0.1) is 11.3 Å². The van der Waals surface area contributed by atoms with Gasteiger partial charge in [-0.2, -0.15) is 0 Å². The van der Waals surface area contributed by atoms with E-state index >= 15 is 0 Å². The minimum atomic E-state index is 0.369. The molecule has 0 aliphatic carbocycles. The molecule has 4 heteroatoms. The first-order valence-electron chi connectivity index (χ1n) is 4.80. The first-order valence-corrected chi connectivity index (χ1v) is 6.06. The van der Waals surface area contributed by atoms with E-state index in [0.29, 0.717) is 18.5 Å². The van der Waals surface area contributed by atoms with Gasteiger partial charge < -0.3 is 11.1 Å². The van der Waals surface area contributed by atoms with E-state index in [0.717, 1.165) is 11.6 Å². The van der Waals surface area contributed by atoms with Crippen LogP contribution in [0.4, 0.5) is 0 Å². The van der Waals surface area contributed by atoms with Crippen LogP contribution in [0.2, 0.25) is 5.02 Å². The topological polar surface area (TPSA) is 38.0 Å². The van der Waals surface area contributed by atoms with Crippen LogP contribution in [0.25, 0.3) is 0 Å². The predicted molar refractivity (Wildman–Crippen MR) is 63.8 cm³/mol. The van der Waals surface area contributed by atoms with Gasteiger partial charge in [-0.05, 0) is 17.4 Å². The van der Waals surface area contributed by atoms with Crippen molar-refractivity contribution < 1.29 is 0 Å². The Kier molecular flexibility index (Phi) is 4.89. The van der Waals surface area contributed by atoms with Gasteiger partial charge in [0.15, 0.2) is 0 Å². The summed E-state index contributed by atoms with van der Waals surface area (Å²) in [6.45, 7) is 5.82. The van der Waals surface area contributed by atoms with Crippen molar-refractivity contribution in [2.24, 2.45) is 11.7 Å². The minimum absolute atomic E-state index is 0.369. The fourth-order valence-corrected chi connectivity index (χ4v) is 2.32. The van der Waals surface area contributed by atoms with E-state index < -0.39 is 0 Å². The molecule has 14 heavy (non-hydrogen) atoms. The Balaban J connectivity index is 2.43. The second kappa shape index (κ2) is 5.71. The van der Waals surface area contributed by atoms with Crippen LogP contribution in [0.1, 0.15) is 18.7 Å². The standard InChI is InChI=1S/C10H17ClN2S/c1-7(2)9(5-12)13-6-10-8(11)3-4-14-10/h3-4,7,9,13H,5-6,12H2,1-2H3. The molecule has 0 aliphatic rings. The van der Waals surface area contributed by atoms with Crippen molar-refractivity contribution in [2.45, 2.75) is 26.4 Å². The molecule has 1 unspecified atom stereocenters. The molecular weight excluding hydrogens is 216 g/mol. The van der Waals surface area contributed by atoms with Gasteiger partial charge in [-0.1, -0.05) is 25.4 Å². The molecule has 1 rings (SSSR count). The summed E-state index contributed by atoms with van der Waals surface area (Å²) < 4.78 is 0. The van der Waals surface area contributed by atoms with Crippen LogP contribution in [0.15, 0.2) is 11.4 Å². The quantitative estimate of drug-likeness (QED) is 0.819. The highest BCUT2D eigenvalue weighted by atomic mass is 35.5. The van der Waals surface area contributed by atoms with Crippen LogP contribution in [-0.4, -0.2) is 12.6 Å². The highest BCUT2D eigenvalue weighted by molar-refractivity contribution is 7.10. The van der Waals surface area contributed by atoms with E-state index in [1.54, 1.807) is 11.3 Å². The van der Waals surface area contributed by atoms with Crippen LogP contribution in [-0.2, 0) is 6.54 Å². The Morgan fingerprint density at radius 3 is 2.71 bits per heavy atom. The SMILES string of the molecule is CC(C)C(CN)NCc1sccc1Cl. The van der Waals surface area contributed by atoms with Gasteiger partial charge in [-0.3, -0.25) is 0 Å². The Morgan fingerprint density at radius 1 is 1.57 bits per heavy atom. The van der Waals surface area contributed by atoms with Crippen molar-refractivity contribution in [3.63, 3.8) is 0 Å². The lowest BCUT2D eigenvalue weighted by molar-refractivity contribution is 0.406. The van der Waals surface area contributed by atoms with Gasteiger partial charge in [0.25, 0.3) is 0 Å². The number of hydrogen-bond donors (Lipinski definition) is 2. The van der Waals surface area contributed by atoms with Gasteiger partial charge >= 0.3 is 0 Å². The number of thiophene rings is 1. The summed E-state index contributed by atoms with van der Waals surface area (Å²) >= 11 is 7.66. The highest BCUT2D eigenvalue weighted by Gasteiger charge is 2.11. The van der Waals surface area contributed by atoms with E-state index in [4.69, 9.17) is 17.3 Å². The lowest BCUT2D eigenvalue weighted by atomic mass is 10.1. The zero-order valence-corrected chi connectivity index (χ0v) is 10.2. The average Bonchev–Trinajstić information content (AvgIpc) is 2.52. The van der Waals surface area contributed by atoms with E-state index in [-0.39, 0.29) is 0 Å².